The molecule has 116 valence electrons. The zero-order valence-corrected chi connectivity index (χ0v) is 13.0. The van der Waals surface area contributed by atoms with Gasteiger partial charge in [0.25, 0.3) is 0 Å². The molecule has 8 heteroatoms. The van der Waals surface area contributed by atoms with Gasteiger partial charge in [0.1, 0.15) is 5.25 Å². The van der Waals surface area contributed by atoms with Crippen LogP contribution in [0.5, 0.6) is 0 Å². The highest BCUT2D eigenvalue weighted by atomic mass is 32.2. The number of sulfonamides is 1. The van der Waals surface area contributed by atoms with Crippen molar-refractivity contribution < 1.29 is 21.6 Å². The molecule has 0 aromatic heterocycles. The fourth-order valence-corrected chi connectivity index (χ4v) is 6.88. The molecule has 0 unspecified atom stereocenters. The summed E-state index contributed by atoms with van der Waals surface area (Å²) in [5.41, 5.74) is 0.359. The average Bonchev–Trinajstić information content (AvgIpc) is 3.04. The normalized spacial score (nSPS) is 27.6. The zero-order valence-electron chi connectivity index (χ0n) is 11.4. The molecular formula is C13H17NO5S2. The Morgan fingerprint density at radius 1 is 1.29 bits per heavy atom. The van der Waals surface area contributed by atoms with Crippen molar-refractivity contribution in [2.24, 2.45) is 0 Å². The van der Waals surface area contributed by atoms with Crippen LogP contribution in [-0.2, 0) is 24.6 Å². The van der Waals surface area contributed by atoms with Crippen molar-refractivity contribution >= 4 is 19.9 Å². The third kappa shape index (κ3) is 2.85. The quantitative estimate of drug-likeness (QED) is 0.873. The van der Waals surface area contributed by atoms with Gasteiger partial charge in [-0.25, -0.2) is 21.6 Å². The topological polar surface area (TPSA) is 89.5 Å². The number of rotatable bonds is 4. The number of hydrogen-bond acceptors (Lipinski definition) is 5. The molecule has 1 N–H and O–H groups in total. The van der Waals surface area contributed by atoms with Gasteiger partial charge in [0.05, 0.1) is 16.8 Å². The first kappa shape index (κ1) is 15.0. The van der Waals surface area contributed by atoms with Crippen LogP contribution in [0.25, 0.3) is 0 Å². The number of fused-ring (bicyclic) bond motifs is 1. The average molecular weight is 331 g/mol. The van der Waals surface area contributed by atoms with E-state index in [1.165, 1.54) is 6.07 Å². The second kappa shape index (κ2) is 5.35. The van der Waals surface area contributed by atoms with Gasteiger partial charge in [-0.2, -0.15) is 0 Å². The molecule has 0 radical (unpaired) electrons. The van der Waals surface area contributed by atoms with Crippen LogP contribution in [0.3, 0.4) is 0 Å². The summed E-state index contributed by atoms with van der Waals surface area (Å²) in [5, 5.41) is -1.04. The van der Waals surface area contributed by atoms with Crippen molar-refractivity contribution in [1.29, 1.82) is 0 Å². The van der Waals surface area contributed by atoms with Crippen molar-refractivity contribution in [3.05, 3.63) is 29.8 Å². The highest BCUT2D eigenvalue weighted by Gasteiger charge is 2.42. The van der Waals surface area contributed by atoms with Gasteiger partial charge in [0, 0.05) is 13.2 Å². The molecule has 0 aliphatic carbocycles. The lowest BCUT2D eigenvalue weighted by Gasteiger charge is -2.15. The lowest BCUT2D eigenvalue weighted by atomic mass is 10.2. The van der Waals surface area contributed by atoms with Gasteiger partial charge in [-0.05, 0) is 24.5 Å². The maximum Gasteiger partial charge on any atom is 0.219 e. The molecule has 21 heavy (non-hydrogen) atoms. The third-order valence-corrected chi connectivity index (χ3v) is 7.65. The van der Waals surface area contributed by atoms with Gasteiger partial charge in [0.15, 0.2) is 9.84 Å². The van der Waals surface area contributed by atoms with Crippen molar-refractivity contribution in [2.45, 2.75) is 29.1 Å². The summed E-state index contributed by atoms with van der Waals surface area (Å²) in [6.07, 6.45) is 1.63. The lowest BCUT2D eigenvalue weighted by Crippen LogP contribution is -2.35. The Labute approximate surface area is 124 Å². The van der Waals surface area contributed by atoms with Crippen molar-refractivity contribution in [1.82, 2.24) is 4.72 Å². The number of ether oxygens (including phenoxy) is 1. The lowest BCUT2D eigenvalue weighted by molar-refractivity contribution is 0.114. The molecule has 6 nitrogen and oxygen atoms in total. The largest absolute Gasteiger partial charge is 0.377 e. The summed E-state index contributed by atoms with van der Waals surface area (Å²) in [5.74, 6) is -0.396. The predicted molar refractivity (Wildman–Crippen MR) is 77.1 cm³/mol. The second-order valence-corrected chi connectivity index (χ2v) is 9.29. The fraction of sp³-hybridized carbons (Fsp3) is 0.538. The second-order valence-electron chi connectivity index (χ2n) is 5.34. The van der Waals surface area contributed by atoms with E-state index in [1.54, 1.807) is 18.2 Å². The Morgan fingerprint density at radius 3 is 2.76 bits per heavy atom. The van der Waals surface area contributed by atoms with Gasteiger partial charge in [0.2, 0.25) is 10.0 Å². The monoisotopic (exact) mass is 331 g/mol. The van der Waals surface area contributed by atoms with E-state index in [1.807, 2.05) is 0 Å². The van der Waals surface area contributed by atoms with Gasteiger partial charge in [-0.15, -0.1) is 0 Å². The standard InChI is InChI=1S/C13H17NO5S2/c15-20(16)9-13(11-5-1-2-6-12(11)20)21(17,18)14-8-10-4-3-7-19-10/h1-2,5-6,10,13-14H,3-4,7-9H2/t10-,13+/m1/s1. The van der Waals surface area contributed by atoms with E-state index >= 15 is 0 Å². The first-order valence-electron chi connectivity index (χ1n) is 6.82. The minimum Gasteiger partial charge on any atom is -0.377 e. The van der Waals surface area contributed by atoms with Crippen LogP contribution in [0.2, 0.25) is 0 Å². The molecule has 1 saturated heterocycles. The molecule has 1 aromatic carbocycles. The van der Waals surface area contributed by atoms with Gasteiger partial charge in [-0.3, -0.25) is 0 Å². The maximum absolute atomic E-state index is 12.4. The van der Waals surface area contributed by atoms with E-state index in [0.717, 1.165) is 12.8 Å². The Bertz CT molecular complexity index is 736. The van der Waals surface area contributed by atoms with Crippen LogP contribution in [-0.4, -0.2) is 41.8 Å². The molecule has 2 aliphatic rings. The minimum absolute atomic E-state index is 0.118. The summed E-state index contributed by atoms with van der Waals surface area (Å²) in [4.78, 5) is 0.123. The predicted octanol–water partition coefficient (Wildman–Crippen LogP) is 0.613. The van der Waals surface area contributed by atoms with Gasteiger partial charge >= 0.3 is 0 Å². The first-order chi connectivity index (χ1) is 9.90. The minimum atomic E-state index is -3.74. The summed E-state index contributed by atoms with van der Waals surface area (Å²) in [6.45, 7) is 0.841. The molecule has 0 spiro atoms. The summed E-state index contributed by atoms with van der Waals surface area (Å²) in [7, 11) is -7.27. The van der Waals surface area contributed by atoms with Crippen LogP contribution in [0, 0.1) is 0 Å². The van der Waals surface area contributed by atoms with Crippen molar-refractivity contribution in [2.75, 3.05) is 18.9 Å². The van der Waals surface area contributed by atoms with Crippen LogP contribution in [0.15, 0.2) is 29.2 Å². The SMILES string of the molecule is O=S1(=O)C[C@H](S(=O)(=O)NC[C@H]2CCCO2)c2ccccc21. The molecule has 2 atom stereocenters. The molecule has 1 fully saturated rings. The summed E-state index contributed by atoms with van der Waals surface area (Å²) < 4.78 is 56.8. The van der Waals surface area contributed by atoms with Crippen LogP contribution >= 0.6 is 0 Å². The van der Waals surface area contributed by atoms with E-state index in [-0.39, 0.29) is 17.5 Å². The number of hydrogen-bond donors (Lipinski definition) is 1. The Morgan fingerprint density at radius 2 is 2.05 bits per heavy atom. The molecular weight excluding hydrogens is 314 g/mol. The van der Waals surface area contributed by atoms with Gasteiger partial charge < -0.3 is 4.74 Å². The van der Waals surface area contributed by atoms with Crippen LogP contribution in [0.4, 0.5) is 0 Å². The summed E-state index contributed by atoms with van der Waals surface area (Å²) in [6, 6.07) is 6.28. The number of benzene rings is 1. The van der Waals surface area contributed by atoms with Crippen molar-refractivity contribution in [3.63, 3.8) is 0 Å². The molecule has 3 rings (SSSR count). The van der Waals surface area contributed by atoms with E-state index in [4.69, 9.17) is 4.74 Å². The Hall–Kier alpha value is -0.960. The smallest absolute Gasteiger partial charge is 0.219 e. The molecule has 1 aromatic rings. The Kier molecular flexibility index (Phi) is 3.81. The van der Waals surface area contributed by atoms with Crippen molar-refractivity contribution in [3.8, 4) is 0 Å². The molecule has 2 heterocycles. The van der Waals surface area contributed by atoms with E-state index in [0.29, 0.717) is 12.2 Å². The zero-order chi connectivity index (χ0) is 15.1. The highest BCUT2D eigenvalue weighted by Crippen LogP contribution is 2.37. The van der Waals surface area contributed by atoms with Crippen LogP contribution < -0.4 is 4.72 Å². The molecule has 2 aliphatic heterocycles. The van der Waals surface area contributed by atoms with E-state index < -0.39 is 30.9 Å². The van der Waals surface area contributed by atoms with E-state index in [9.17, 15) is 16.8 Å². The van der Waals surface area contributed by atoms with Crippen LogP contribution in [0.1, 0.15) is 23.7 Å². The Balaban J connectivity index is 1.83. The summed E-state index contributed by atoms with van der Waals surface area (Å²) >= 11 is 0. The number of sulfone groups is 1. The van der Waals surface area contributed by atoms with Gasteiger partial charge in [-0.1, -0.05) is 18.2 Å². The third-order valence-electron chi connectivity index (χ3n) is 3.88. The molecule has 0 amide bonds. The number of nitrogens with one attached hydrogen (secondary N) is 1. The molecule has 0 bridgehead atoms. The first-order valence-corrected chi connectivity index (χ1v) is 10.0. The highest BCUT2D eigenvalue weighted by molar-refractivity contribution is 7.95. The molecule has 0 saturated carbocycles. The van der Waals surface area contributed by atoms with E-state index in [2.05, 4.69) is 4.72 Å². The fourth-order valence-electron chi connectivity index (χ4n) is 2.78. The maximum atomic E-state index is 12.4.